The van der Waals surface area contributed by atoms with Gasteiger partial charge in [0.15, 0.2) is 5.69 Å². The number of carboxylic acids is 1. The fraction of sp³-hybridized carbons (Fsp3) is 0.429. The Morgan fingerprint density at radius 2 is 1.70 bits per heavy atom. The van der Waals surface area contributed by atoms with Crippen molar-refractivity contribution in [2.75, 3.05) is 10.6 Å². The van der Waals surface area contributed by atoms with Gasteiger partial charge in [-0.3, -0.25) is 9.48 Å². The van der Waals surface area contributed by atoms with Crippen LogP contribution < -0.4 is 16.4 Å². The minimum absolute atomic E-state index is 0.0232. The van der Waals surface area contributed by atoms with Gasteiger partial charge in [-0.05, 0) is 37.1 Å². The summed E-state index contributed by atoms with van der Waals surface area (Å²) in [6, 6.07) is 6.87. The van der Waals surface area contributed by atoms with E-state index in [-0.39, 0.29) is 17.8 Å². The zero-order chi connectivity index (χ0) is 27.5. The zero-order valence-electron chi connectivity index (χ0n) is 19.3. The SMILES string of the molecule is Cn1ncc(NC(=O)c2ccc3ccc(N[C@@H]4CCCC[C@@H]4N)nn23)c1C(F)(F)F.O=C(O)C(F)(F)F. The molecule has 16 heteroatoms. The van der Waals surface area contributed by atoms with Crippen LogP contribution >= 0.6 is 0 Å². The highest BCUT2D eigenvalue weighted by Crippen LogP contribution is 2.34. The maximum atomic E-state index is 13.2. The van der Waals surface area contributed by atoms with Gasteiger partial charge >= 0.3 is 18.3 Å². The van der Waals surface area contributed by atoms with Crippen molar-refractivity contribution >= 4 is 28.9 Å². The van der Waals surface area contributed by atoms with Gasteiger partial charge in [-0.15, -0.1) is 5.10 Å². The minimum Gasteiger partial charge on any atom is -0.475 e. The van der Waals surface area contributed by atoms with Gasteiger partial charge in [0.25, 0.3) is 5.91 Å². The molecular weight excluding hydrogens is 512 g/mol. The molecule has 202 valence electrons. The first-order valence-electron chi connectivity index (χ1n) is 10.9. The van der Waals surface area contributed by atoms with Gasteiger partial charge in [0, 0.05) is 19.1 Å². The van der Waals surface area contributed by atoms with E-state index >= 15 is 0 Å². The smallest absolute Gasteiger partial charge is 0.475 e. The van der Waals surface area contributed by atoms with Gasteiger partial charge in [0.2, 0.25) is 0 Å². The van der Waals surface area contributed by atoms with Gasteiger partial charge in [-0.25, -0.2) is 9.31 Å². The van der Waals surface area contributed by atoms with Crippen LogP contribution in [0.25, 0.3) is 5.52 Å². The second-order valence-electron chi connectivity index (χ2n) is 8.26. The van der Waals surface area contributed by atoms with Crippen molar-refractivity contribution in [2.24, 2.45) is 12.8 Å². The molecule has 0 aliphatic heterocycles. The number of halogens is 6. The van der Waals surface area contributed by atoms with E-state index in [1.807, 2.05) is 0 Å². The lowest BCUT2D eigenvalue weighted by atomic mass is 9.91. The third-order valence-electron chi connectivity index (χ3n) is 5.59. The van der Waals surface area contributed by atoms with Gasteiger partial charge in [-0.1, -0.05) is 12.8 Å². The number of carbonyl (C=O) groups is 2. The summed E-state index contributed by atoms with van der Waals surface area (Å²) in [6.07, 6.45) is -4.71. The average molecular weight is 535 g/mol. The second kappa shape index (κ2) is 10.7. The van der Waals surface area contributed by atoms with Crippen molar-refractivity contribution in [1.82, 2.24) is 19.4 Å². The number of hydrogen-bond acceptors (Lipinski definition) is 6. The summed E-state index contributed by atoms with van der Waals surface area (Å²) in [4.78, 5) is 21.6. The first-order chi connectivity index (χ1) is 17.2. The Kier molecular flexibility index (Phi) is 8.00. The topological polar surface area (TPSA) is 140 Å². The maximum Gasteiger partial charge on any atom is 0.490 e. The Morgan fingerprint density at radius 3 is 2.30 bits per heavy atom. The summed E-state index contributed by atoms with van der Waals surface area (Å²) in [6.45, 7) is 0. The molecule has 37 heavy (non-hydrogen) atoms. The molecule has 3 aromatic heterocycles. The number of nitrogens with two attached hydrogens (primary N) is 1. The molecule has 3 heterocycles. The molecule has 3 aromatic rings. The number of fused-ring (bicyclic) bond motifs is 1. The number of aryl methyl sites for hydroxylation is 1. The van der Waals surface area contributed by atoms with Crippen LogP contribution in [-0.2, 0) is 18.0 Å². The summed E-state index contributed by atoms with van der Waals surface area (Å²) in [5.41, 5.74) is 5.48. The Morgan fingerprint density at radius 1 is 1.08 bits per heavy atom. The van der Waals surface area contributed by atoms with E-state index in [1.165, 1.54) is 17.6 Å². The van der Waals surface area contributed by atoms with E-state index in [1.54, 1.807) is 18.2 Å². The van der Waals surface area contributed by atoms with Crippen molar-refractivity contribution in [1.29, 1.82) is 0 Å². The average Bonchev–Trinajstić information content (AvgIpc) is 3.38. The van der Waals surface area contributed by atoms with E-state index in [0.29, 0.717) is 16.0 Å². The molecule has 5 N–H and O–H groups in total. The fourth-order valence-corrected chi connectivity index (χ4v) is 3.82. The van der Waals surface area contributed by atoms with Crippen molar-refractivity contribution in [3.8, 4) is 0 Å². The van der Waals surface area contributed by atoms with Crippen molar-refractivity contribution in [3.63, 3.8) is 0 Å². The predicted molar refractivity (Wildman–Crippen MR) is 119 cm³/mol. The maximum absolute atomic E-state index is 13.2. The Bertz CT molecular complexity index is 1270. The fourth-order valence-electron chi connectivity index (χ4n) is 3.82. The molecule has 1 aliphatic rings. The number of hydrogen-bond donors (Lipinski definition) is 4. The van der Waals surface area contributed by atoms with Crippen LogP contribution in [0.4, 0.5) is 37.8 Å². The lowest BCUT2D eigenvalue weighted by Crippen LogP contribution is -2.42. The molecule has 0 saturated heterocycles. The summed E-state index contributed by atoms with van der Waals surface area (Å²) in [7, 11) is 1.17. The van der Waals surface area contributed by atoms with Crippen molar-refractivity contribution in [2.45, 2.75) is 50.1 Å². The summed E-state index contributed by atoms with van der Waals surface area (Å²) < 4.78 is 73.6. The van der Waals surface area contributed by atoms with Crippen LogP contribution in [0.5, 0.6) is 0 Å². The summed E-state index contributed by atoms with van der Waals surface area (Å²) in [5.74, 6) is -2.92. The predicted octanol–water partition coefficient (Wildman–Crippen LogP) is 3.65. The Labute approximate surface area is 205 Å². The number of rotatable bonds is 4. The quantitative estimate of drug-likeness (QED) is 0.374. The third kappa shape index (κ3) is 6.69. The summed E-state index contributed by atoms with van der Waals surface area (Å²) in [5, 5.41) is 20.8. The number of aromatic nitrogens is 4. The molecule has 0 unspecified atom stereocenters. The van der Waals surface area contributed by atoms with E-state index in [9.17, 15) is 31.1 Å². The molecule has 1 amide bonds. The van der Waals surface area contributed by atoms with Gasteiger partial charge < -0.3 is 21.5 Å². The Hall–Kier alpha value is -3.82. The molecule has 0 bridgehead atoms. The molecule has 4 rings (SSSR count). The largest absolute Gasteiger partial charge is 0.490 e. The zero-order valence-corrected chi connectivity index (χ0v) is 19.3. The molecule has 0 radical (unpaired) electrons. The highest BCUT2D eigenvalue weighted by atomic mass is 19.4. The van der Waals surface area contributed by atoms with Crippen LogP contribution in [0.15, 0.2) is 30.5 Å². The van der Waals surface area contributed by atoms with Crippen LogP contribution in [0.3, 0.4) is 0 Å². The van der Waals surface area contributed by atoms with E-state index < -0.39 is 35.6 Å². The van der Waals surface area contributed by atoms with E-state index in [2.05, 4.69) is 20.8 Å². The number of alkyl halides is 6. The van der Waals surface area contributed by atoms with Gasteiger partial charge in [-0.2, -0.15) is 31.4 Å². The van der Waals surface area contributed by atoms with E-state index in [4.69, 9.17) is 15.6 Å². The highest BCUT2D eigenvalue weighted by molar-refractivity contribution is 6.04. The normalized spacial score (nSPS) is 18.2. The first-order valence-corrected chi connectivity index (χ1v) is 10.9. The van der Waals surface area contributed by atoms with Gasteiger partial charge in [0.05, 0.1) is 17.4 Å². The molecule has 0 aromatic carbocycles. The number of aliphatic carboxylic acids is 1. The number of nitrogens with one attached hydrogen (secondary N) is 2. The monoisotopic (exact) mass is 535 g/mol. The van der Waals surface area contributed by atoms with Crippen molar-refractivity contribution < 1.29 is 41.0 Å². The number of carboxylic acid groups (broad SMARTS) is 1. The molecule has 0 spiro atoms. The number of carbonyl (C=O) groups excluding carboxylic acids is 1. The molecule has 10 nitrogen and oxygen atoms in total. The molecule has 1 saturated carbocycles. The lowest BCUT2D eigenvalue weighted by molar-refractivity contribution is -0.192. The molecule has 1 fully saturated rings. The van der Waals surface area contributed by atoms with Crippen LogP contribution in [0.1, 0.15) is 41.9 Å². The molecule has 1 aliphatic carbocycles. The molecule has 2 atom stereocenters. The van der Waals surface area contributed by atoms with E-state index in [0.717, 1.165) is 31.9 Å². The number of anilines is 2. The van der Waals surface area contributed by atoms with Crippen molar-refractivity contribution in [3.05, 3.63) is 41.9 Å². The lowest BCUT2D eigenvalue weighted by Gasteiger charge is -2.29. The minimum atomic E-state index is -5.08. The van der Waals surface area contributed by atoms with Gasteiger partial charge in [0.1, 0.15) is 11.5 Å². The number of nitrogens with zero attached hydrogens (tertiary/aromatic N) is 4. The standard InChI is InChI=1S/C19H22F3N7O.C2HF3O2/c1-28-17(19(20,21)22)14(10-24-28)26-18(30)15-8-6-11-7-9-16(27-29(11)15)25-13-5-3-2-4-12(13)23;3-2(4,5)1(6)7/h6-10,12-13H,2-5,23H2,1H3,(H,25,27)(H,26,30);(H,6,7)/t12-,13+;/m0./s1. The Balaban J connectivity index is 0.000000479. The van der Waals surface area contributed by atoms with Crippen LogP contribution in [0, 0.1) is 0 Å². The summed E-state index contributed by atoms with van der Waals surface area (Å²) >= 11 is 0. The highest BCUT2D eigenvalue weighted by Gasteiger charge is 2.39. The number of amides is 1. The van der Waals surface area contributed by atoms with Crippen LogP contribution in [0.2, 0.25) is 0 Å². The first kappa shape index (κ1) is 27.8. The second-order valence-corrected chi connectivity index (χ2v) is 8.26. The molecular formula is C21H23F6N7O3. The van der Waals surface area contributed by atoms with Crippen LogP contribution in [-0.4, -0.2) is 54.6 Å². The third-order valence-corrected chi connectivity index (χ3v) is 5.59.